The van der Waals surface area contributed by atoms with Crippen molar-refractivity contribution in [3.8, 4) is 0 Å². The summed E-state index contributed by atoms with van der Waals surface area (Å²) in [6, 6.07) is 5.85. The van der Waals surface area contributed by atoms with Crippen LogP contribution in [0.1, 0.15) is 18.2 Å². The minimum Gasteiger partial charge on any atom is -0.357 e. The van der Waals surface area contributed by atoms with Crippen LogP contribution >= 0.6 is 0 Å². The highest BCUT2D eigenvalue weighted by atomic mass is 15.3. The van der Waals surface area contributed by atoms with Crippen molar-refractivity contribution in [1.29, 1.82) is 0 Å². The molecule has 0 atom stereocenters. The third-order valence-corrected chi connectivity index (χ3v) is 2.87. The molecule has 0 radical (unpaired) electrons. The Morgan fingerprint density at radius 2 is 2.24 bits per heavy atom. The number of aliphatic imine (C=N–C) groups is 1. The molecule has 0 bridgehead atoms. The zero-order valence-corrected chi connectivity index (χ0v) is 12.6. The predicted octanol–water partition coefficient (Wildman–Crippen LogP) is 1.34. The minimum atomic E-state index is 0.567. The summed E-state index contributed by atoms with van der Waals surface area (Å²) in [4.78, 5) is 8.79. The first-order valence-corrected chi connectivity index (χ1v) is 7.19. The zero-order valence-electron chi connectivity index (χ0n) is 12.6. The standard InChI is InChI=1S/C15H22N6/c1-3-16-15(19-11-14-6-4-5-7-17-14)18-8-9-21-12-13(2)10-20-21/h4-7,10,12H,3,8-9,11H2,1-2H3,(H2,16,18,19). The number of hydrogen-bond acceptors (Lipinski definition) is 3. The topological polar surface area (TPSA) is 67.1 Å². The van der Waals surface area contributed by atoms with Crippen LogP contribution in [0.15, 0.2) is 41.8 Å². The smallest absolute Gasteiger partial charge is 0.191 e. The number of aryl methyl sites for hydroxylation is 1. The summed E-state index contributed by atoms with van der Waals surface area (Å²) in [7, 11) is 0. The fraction of sp³-hybridized carbons (Fsp3) is 0.400. The summed E-state index contributed by atoms with van der Waals surface area (Å²) in [5, 5.41) is 10.8. The number of pyridine rings is 1. The number of hydrogen-bond donors (Lipinski definition) is 2. The Morgan fingerprint density at radius 1 is 1.33 bits per heavy atom. The first-order chi connectivity index (χ1) is 10.3. The Balaban J connectivity index is 1.83. The number of aromatic nitrogens is 3. The summed E-state index contributed by atoms with van der Waals surface area (Å²) in [5.74, 6) is 0.798. The molecule has 0 spiro atoms. The maximum absolute atomic E-state index is 4.52. The van der Waals surface area contributed by atoms with Crippen LogP contribution in [0.5, 0.6) is 0 Å². The van der Waals surface area contributed by atoms with Gasteiger partial charge in [0.15, 0.2) is 5.96 Å². The first-order valence-electron chi connectivity index (χ1n) is 7.19. The minimum absolute atomic E-state index is 0.567. The quantitative estimate of drug-likeness (QED) is 0.621. The molecule has 0 aliphatic carbocycles. The molecule has 112 valence electrons. The van der Waals surface area contributed by atoms with E-state index < -0.39 is 0 Å². The molecule has 0 unspecified atom stereocenters. The van der Waals surface area contributed by atoms with Gasteiger partial charge in [-0.3, -0.25) is 9.67 Å². The van der Waals surface area contributed by atoms with Crippen LogP contribution in [0.4, 0.5) is 0 Å². The molecule has 21 heavy (non-hydrogen) atoms. The van der Waals surface area contributed by atoms with Gasteiger partial charge in [-0.15, -0.1) is 0 Å². The zero-order chi connectivity index (χ0) is 14.9. The van der Waals surface area contributed by atoms with E-state index in [-0.39, 0.29) is 0 Å². The Hall–Kier alpha value is -2.37. The van der Waals surface area contributed by atoms with E-state index in [0.717, 1.165) is 31.3 Å². The van der Waals surface area contributed by atoms with Crippen LogP contribution in [0.2, 0.25) is 0 Å². The van der Waals surface area contributed by atoms with Crippen molar-refractivity contribution < 1.29 is 0 Å². The second-order valence-corrected chi connectivity index (χ2v) is 4.72. The van der Waals surface area contributed by atoms with E-state index in [1.54, 1.807) is 6.20 Å². The molecule has 0 aliphatic heterocycles. The van der Waals surface area contributed by atoms with E-state index in [4.69, 9.17) is 0 Å². The SMILES string of the molecule is CCNC(=NCc1ccccn1)NCCn1cc(C)cn1. The van der Waals surface area contributed by atoms with E-state index in [1.807, 2.05) is 42.2 Å². The number of nitrogens with one attached hydrogen (secondary N) is 2. The predicted molar refractivity (Wildman–Crippen MR) is 84.0 cm³/mol. The maximum atomic E-state index is 4.52. The average molecular weight is 286 g/mol. The van der Waals surface area contributed by atoms with Gasteiger partial charge in [0.25, 0.3) is 0 Å². The molecule has 0 saturated heterocycles. The van der Waals surface area contributed by atoms with E-state index in [9.17, 15) is 0 Å². The van der Waals surface area contributed by atoms with Gasteiger partial charge in [0, 0.05) is 25.5 Å². The van der Waals surface area contributed by atoms with Gasteiger partial charge in [-0.05, 0) is 31.5 Å². The van der Waals surface area contributed by atoms with Crippen molar-refractivity contribution in [3.05, 3.63) is 48.0 Å². The average Bonchev–Trinajstić information content (AvgIpc) is 2.91. The van der Waals surface area contributed by atoms with Crippen molar-refractivity contribution in [1.82, 2.24) is 25.4 Å². The third kappa shape index (κ3) is 5.25. The highest BCUT2D eigenvalue weighted by Gasteiger charge is 1.99. The fourth-order valence-electron chi connectivity index (χ4n) is 1.87. The van der Waals surface area contributed by atoms with E-state index in [0.29, 0.717) is 6.54 Å². The van der Waals surface area contributed by atoms with Crippen LogP contribution in [0, 0.1) is 6.92 Å². The molecule has 0 amide bonds. The van der Waals surface area contributed by atoms with E-state index in [1.165, 1.54) is 5.56 Å². The molecule has 6 heteroatoms. The van der Waals surface area contributed by atoms with Gasteiger partial charge in [-0.25, -0.2) is 4.99 Å². The van der Waals surface area contributed by atoms with Gasteiger partial charge < -0.3 is 10.6 Å². The van der Waals surface area contributed by atoms with Crippen LogP contribution in [0.25, 0.3) is 0 Å². The van der Waals surface area contributed by atoms with Crippen molar-refractivity contribution in [2.75, 3.05) is 13.1 Å². The van der Waals surface area contributed by atoms with Crippen molar-refractivity contribution in [2.45, 2.75) is 26.9 Å². The summed E-state index contributed by atoms with van der Waals surface area (Å²) in [5.41, 5.74) is 2.13. The van der Waals surface area contributed by atoms with E-state index in [2.05, 4.69) is 32.6 Å². The lowest BCUT2D eigenvalue weighted by Crippen LogP contribution is -2.38. The van der Waals surface area contributed by atoms with Crippen molar-refractivity contribution >= 4 is 5.96 Å². The second kappa shape index (κ2) is 8.04. The van der Waals surface area contributed by atoms with Crippen LogP contribution in [-0.4, -0.2) is 33.8 Å². The molecular formula is C15H22N6. The summed E-state index contributed by atoms with van der Waals surface area (Å²) < 4.78 is 1.92. The Kier molecular flexibility index (Phi) is 5.75. The molecule has 2 aromatic rings. The molecule has 2 rings (SSSR count). The largest absolute Gasteiger partial charge is 0.357 e. The monoisotopic (exact) mass is 286 g/mol. The van der Waals surface area contributed by atoms with Crippen molar-refractivity contribution in [3.63, 3.8) is 0 Å². The summed E-state index contributed by atoms with van der Waals surface area (Å²) in [6.07, 6.45) is 5.67. The Labute approximate surface area is 125 Å². The van der Waals surface area contributed by atoms with Crippen molar-refractivity contribution in [2.24, 2.45) is 4.99 Å². The second-order valence-electron chi connectivity index (χ2n) is 4.72. The summed E-state index contributed by atoms with van der Waals surface area (Å²) >= 11 is 0. The molecule has 0 saturated carbocycles. The molecule has 0 fully saturated rings. The maximum Gasteiger partial charge on any atom is 0.191 e. The highest BCUT2D eigenvalue weighted by Crippen LogP contribution is 1.95. The normalized spacial score (nSPS) is 11.4. The van der Waals surface area contributed by atoms with Gasteiger partial charge in [0.1, 0.15) is 0 Å². The first kappa shape index (κ1) is 15.0. The lowest BCUT2D eigenvalue weighted by atomic mass is 10.3. The van der Waals surface area contributed by atoms with Gasteiger partial charge in [0.2, 0.25) is 0 Å². The lowest BCUT2D eigenvalue weighted by molar-refractivity contribution is 0.597. The fourth-order valence-corrected chi connectivity index (χ4v) is 1.87. The molecule has 2 aromatic heterocycles. The molecule has 0 aliphatic rings. The Morgan fingerprint density at radius 3 is 2.90 bits per heavy atom. The van der Waals surface area contributed by atoms with Gasteiger partial charge in [0.05, 0.1) is 25.0 Å². The molecule has 2 N–H and O–H groups in total. The van der Waals surface area contributed by atoms with Crippen LogP contribution in [0.3, 0.4) is 0 Å². The molecular weight excluding hydrogens is 264 g/mol. The number of guanidine groups is 1. The molecule has 0 aromatic carbocycles. The molecule has 6 nitrogen and oxygen atoms in total. The lowest BCUT2D eigenvalue weighted by Gasteiger charge is -2.11. The highest BCUT2D eigenvalue weighted by molar-refractivity contribution is 5.79. The van der Waals surface area contributed by atoms with Gasteiger partial charge in [-0.1, -0.05) is 6.07 Å². The van der Waals surface area contributed by atoms with Crippen LogP contribution < -0.4 is 10.6 Å². The Bertz CT molecular complexity index is 561. The number of nitrogens with zero attached hydrogens (tertiary/aromatic N) is 4. The summed E-state index contributed by atoms with van der Waals surface area (Å²) in [6.45, 7) is 7.06. The van der Waals surface area contributed by atoms with E-state index >= 15 is 0 Å². The molecule has 2 heterocycles. The number of rotatable bonds is 6. The van der Waals surface area contributed by atoms with Crippen LogP contribution in [-0.2, 0) is 13.1 Å². The van der Waals surface area contributed by atoms with Gasteiger partial charge in [-0.2, -0.15) is 5.10 Å². The third-order valence-electron chi connectivity index (χ3n) is 2.87. The van der Waals surface area contributed by atoms with Gasteiger partial charge >= 0.3 is 0 Å².